The summed E-state index contributed by atoms with van der Waals surface area (Å²) < 4.78 is 14.9. The van der Waals surface area contributed by atoms with Gasteiger partial charge in [-0.25, -0.2) is 9.67 Å². The summed E-state index contributed by atoms with van der Waals surface area (Å²) in [6, 6.07) is 3.71. The van der Waals surface area contributed by atoms with Gasteiger partial charge in [-0.3, -0.25) is 10.1 Å². The summed E-state index contributed by atoms with van der Waals surface area (Å²) in [5.41, 5.74) is 0.00451. The molecule has 0 radical (unpaired) electrons. The minimum atomic E-state index is -0.870. The summed E-state index contributed by atoms with van der Waals surface area (Å²) in [7, 11) is 0. The molecule has 1 heterocycles. The predicted molar refractivity (Wildman–Crippen MR) is 61.7 cm³/mol. The molecule has 0 amide bonds. The van der Waals surface area contributed by atoms with E-state index in [4.69, 9.17) is 11.6 Å². The lowest BCUT2D eigenvalue weighted by atomic mass is 10.2. The fraction of sp³-hybridized carbons (Fsp3) is 0.200. The Morgan fingerprint density at radius 2 is 2.28 bits per heavy atom. The average molecular weight is 271 g/mol. The van der Waals surface area contributed by atoms with Crippen molar-refractivity contribution in [2.24, 2.45) is 0 Å². The molecule has 0 unspecified atom stereocenters. The molecule has 2 aromatic rings. The van der Waals surface area contributed by atoms with E-state index in [2.05, 4.69) is 10.1 Å². The van der Waals surface area contributed by atoms with Crippen molar-refractivity contribution in [2.45, 2.75) is 12.4 Å². The maximum atomic E-state index is 13.4. The third-order valence-electron chi connectivity index (χ3n) is 2.36. The van der Waals surface area contributed by atoms with Crippen molar-refractivity contribution in [3.63, 3.8) is 0 Å². The van der Waals surface area contributed by atoms with Crippen LogP contribution in [0.15, 0.2) is 24.5 Å². The van der Waals surface area contributed by atoms with Gasteiger partial charge in [-0.15, -0.1) is 11.6 Å². The molecule has 0 atom stereocenters. The van der Waals surface area contributed by atoms with Crippen LogP contribution >= 0.6 is 11.6 Å². The first-order chi connectivity index (χ1) is 8.61. The van der Waals surface area contributed by atoms with Crippen molar-refractivity contribution >= 4 is 17.3 Å². The molecule has 8 heteroatoms. The van der Waals surface area contributed by atoms with Gasteiger partial charge in [-0.05, 0) is 11.6 Å². The standard InChI is InChI=1S/C10H8ClFN4O2/c11-4-10-13-6-14-15(10)5-7-1-2-9(16(17)18)8(12)3-7/h1-3,6H,4-5H2. The molecule has 0 saturated heterocycles. The normalized spacial score (nSPS) is 10.6. The minimum Gasteiger partial charge on any atom is -0.258 e. The Hall–Kier alpha value is -2.02. The summed E-state index contributed by atoms with van der Waals surface area (Å²) in [6.07, 6.45) is 1.35. The minimum absolute atomic E-state index is 0.190. The van der Waals surface area contributed by atoms with E-state index >= 15 is 0 Å². The van der Waals surface area contributed by atoms with Gasteiger partial charge in [0.2, 0.25) is 5.82 Å². The second-order valence-corrected chi connectivity index (χ2v) is 3.78. The third kappa shape index (κ3) is 2.45. The highest BCUT2D eigenvalue weighted by atomic mass is 35.5. The van der Waals surface area contributed by atoms with E-state index < -0.39 is 16.4 Å². The number of benzene rings is 1. The predicted octanol–water partition coefficient (Wildman–Crippen LogP) is 2.11. The first-order valence-electron chi connectivity index (χ1n) is 4.97. The first-order valence-corrected chi connectivity index (χ1v) is 5.50. The summed E-state index contributed by atoms with van der Waals surface area (Å²) in [6.45, 7) is 0.261. The molecule has 0 fully saturated rings. The molecule has 0 aliphatic heterocycles. The molecule has 0 bridgehead atoms. The molecule has 0 aliphatic rings. The van der Waals surface area contributed by atoms with Gasteiger partial charge < -0.3 is 0 Å². The Morgan fingerprint density at radius 3 is 2.89 bits per heavy atom. The molecule has 0 N–H and O–H groups in total. The maximum Gasteiger partial charge on any atom is 0.304 e. The summed E-state index contributed by atoms with van der Waals surface area (Å²) in [4.78, 5) is 13.6. The fourth-order valence-electron chi connectivity index (χ4n) is 1.49. The Labute approximate surface area is 106 Å². The average Bonchev–Trinajstić information content (AvgIpc) is 2.76. The van der Waals surface area contributed by atoms with Crippen LogP contribution in [-0.4, -0.2) is 19.7 Å². The van der Waals surface area contributed by atoms with E-state index in [-0.39, 0.29) is 12.4 Å². The van der Waals surface area contributed by atoms with Crippen molar-refractivity contribution in [3.8, 4) is 0 Å². The van der Waals surface area contributed by atoms with Gasteiger partial charge in [0.1, 0.15) is 12.2 Å². The smallest absolute Gasteiger partial charge is 0.258 e. The van der Waals surface area contributed by atoms with Gasteiger partial charge in [0.15, 0.2) is 0 Å². The molecule has 2 rings (SSSR count). The number of alkyl halides is 1. The zero-order valence-electron chi connectivity index (χ0n) is 9.08. The summed E-state index contributed by atoms with van der Waals surface area (Å²) in [5.74, 6) is -0.129. The van der Waals surface area contributed by atoms with Crippen molar-refractivity contribution in [1.82, 2.24) is 14.8 Å². The second-order valence-electron chi connectivity index (χ2n) is 3.51. The first kappa shape index (κ1) is 12.4. The fourth-order valence-corrected chi connectivity index (χ4v) is 1.70. The summed E-state index contributed by atoms with van der Waals surface area (Å²) in [5, 5.41) is 14.4. The number of nitrogens with zero attached hydrogens (tertiary/aromatic N) is 4. The van der Waals surface area contributed by atoms with Gasteiger partial charge in [0, 0.05) is 6.07 Å². The molecule has 94 valence electrons. The SMILES string of the molecule is O=[N+]([O-])c1ccc(Cn2ncnc2CCl)cc1F. The van der Waals surface area contributed by atoms with Gasteiger partial charge in [-0.2, -0.15) is 9.49 Å². The largest absolute Gasteiger partial charge is 0.304 e. The molecule has 1 aromatic heterocycles. The number of aromatic nitrogens is 3. The lowest BCUT2D eigenvalue weighted by Crippen LogP contribution is -2.06. The highest BCUT2D eigenvalue weighted by molar-refractivity contribution is 6.16. The highest BCUT2D eigenvalue weighted by Crippen LogP contribution is 2.18. The van der Waals surface area contributed by atoms with Crippen LogP contribution in [0.25, 0.3) is 0 Å². The number of nitro groups is 1. The van der Waals surface area contributed by atoms with E-state index in [1.807, 2.05) is 0 Å². The highest BCUT2D eigenvalue weighted by Gasteiger charge is 2.14. The zero-order chi connectivity index (χ0) is 13.1. The van der Waals surface area contributed by atoms with Gasteiger partial charge >= 0.3 is 5.69 Å². The summed E-state index contributed by atoms with van der Waals surface area (Å²) >= 11 is 5.65. The van der Waals surface area contributed by atoms with Gasteiger partial charge in [-0.1, -0.05) is 6.07 Å². The van der Waals surface area contributed by atoms with Crippen molar-refractivity contribution in [1.29, 1.82) is 0 Å². The Morgan fingerprint density at radius 1 is 1.50 bits per heavy atom. The van der Waals surface area contributed by atoms with Crippen molar-refractivity contribution in [3.05, 3.63) is 51.8 Å². The van der Waals surface area contributed by atoms with Crippen LogP contribution in [0.2, 0.25) is 0 Å². The molecule has 1 aromatic carbocycles. The van der Waals surface area contributed by atoms with Crippen LogP contribution in [0, 0.1) is 15.9 Å². The molecular weight excluding hydrogens is 263 g/mol. The number of halogens is 2. The number of rotatable bonds is 4. The number of hydrogen-bond donors (Lipinski definition) is 0. The lowest BCUT2D eigenvalue weighted by Gasteiger charge is -2.04. The van der Waals surface area contributed by atoms with Crippen LogP contribution in [0.4, 0.5) is 10.1 Å². The molecule has 6 nitrogen and oxygen atoms in total. The van der Waals surface area contributed by atoms with Crippen LogP contribution in [-0.2, 0) is 12.4 Å². The van der Waals surface area contributed by atoms with E-state index in [1.54, 1.807) is 0 Å². The number of hydrogen-bond acceptors (Lipinski definition) is 4. The van der Waals surface area contributed by atoms with Crippen molar-refractivity contribution in [2.75, 3.05) is 0 Å². The van der Waals surface area contributed by atoms with Crippen LogP contribution < -0.4 is 0 Å². The molecule has 18 heavy (non-hydrogen) atoms. The lowest BCUT2D eigenvalue weighted by molar-refractivity contribution is -0.387. The van der Waals surface area contributed by atoms with Crippen molar-refractivity contribution < 1.29 is 9.31 Å². The Kier molecular flexibility index (Phi) is 3.52. The van der Waals surface area contributed by atoms with E-state index in [9.17, 15) is 14.5 Å². The molecular formula is C10H8ClFN4O2. The van der Waals surface area contributed by atoms with Gasteiger partial charge in [0.25, 0.3) is 0 Å². The second kappa shape index (κ2) is 5.09. The molecule has 0 saturated carbocycles. The monoisotopic (exact) mass is 270 g/mol. The van der Waals surface area contributed by atoms with Crippen LogP contribution in [0.5, 0.6) is 0 Å². The van der Waals surface area contributed by atoms with E-state index in [0.29, 0.717) is 11.4 Å². The quantitative estimate of drug-likeness (QED) is 0.484. The van der Waals surface area contributed by atoms with Gasteiger partial charge in [0.05, 0.1) is 17.3 Å². The van der Waals surface area contributed by atoms with Crippen LogP contribution in [0.1, 0.15) is 11.4 Å². The zero-order valence-corrected chi connectivity index (χ0v) is 9.84. The van der Waals surface area contributed by atoms with E-state index in [0.717, 1.165) is 12.1 Å². The molecule has 0 aliphatic carbocycles. The van der Waals surface area contributed by atoms with E-state index in [1.165, 1.54) is 17.1 Å². The Balaban J connectivity index is 2.25. The Bertz CT molecular complexity index is 587. The number of nitro benzene ring substituents is 1. The molecule has 0 spiro atoms. The maximum absolute atomic E-state index is 13.4. The van der Waals surface area contributed by atoms with Crippen LogP contribution in [0.3, 0.4) is 0 Å². The topological polar surface area (TPSA) is 73.8 Å². The third-order valence-corrected chi connectivity index (χ3v) is 2.60.